The summed E-state index contributed by atoms with van der Waals surface area (Å²) in [7, 11) is -3.54. The fraction of sp³-hybridized carbons (Fsp3) is 0.458. The van der Waals surface area contributed by atoms with Gasteiger partial charge >= 0.3 is 0 Å². The highest BCUT2D eigenvalue weighted by molar-refractivity contribution is 7.89. The first-order valence-corrected chi connectivity index (χ1v) is 13.2. The quantitative estimate of drug-likeness (QED) is 0.435. The highest BCUT2D eigenvalue weighted by Gasteiger charge is 2.24. The van der Waals surface area contributed by atoms with E-state index in [0.29, 0.717) is 36.1 Å². The van der Waals surface area contributed by atoms with Gasteiger partial charge in [0.25, 0.3) is 4.84 Å². The third kappa shape index (κ3) is 4.83. The number of likely N-dealkylation sites (tertiary alicyclic amines) is 1. The molecule has 0 atom stereocenters. The summed E-state index contributed by atoms with van der Waals surface area (Å²) in [6, 6.07) is 15.7. The Balaban J connectivity index is 1.50. The minimum absolute atomic E-state index is 0.278. The lowest BCUT2D eigenvalue weighted by Crippen LogP contribution is -2.35. The zero-order chi connectivity index (χ0) is 22.7. The van der Waals surface area contributed by atoms with Gasteiger partial charge in [-0.3, -0.25) is 9.47 Å². The summed E-state index contributed by atoms with van der Waals surface area (Å²) in [4.78, 5) is 3.03. The second-order valence-corrected chi connectivity index (χ2v) is 10.7. The zero-order valence-electron chi connectivity index (χ0n) is 18.7. The number of hydrogen-bond acceptors (Lipinski definition) is 5. The molecule has 1 aromatic heterocycles. The third-order valence-corrected chi connectivity index (χ3v) is 8.75. The molecule has 0 N–H and O–H groups in total. The van der Waals surface area contributed by atoms with Crippen molar-refractivity contribution in [2.24, 2.45) is 5.92 Å². The molecule has 2 heterocycles. The topological polar surface area (TPSA) is 58.7 Å². The zero-order valence-corrected chi connectivity index (χ0v) is 20.4. The van der Waals surface area contributed by atoms with Crippen LogP contribution < -0.4 is 0 Å². The number of hydrogen-bond donors (Lipinski definition) is 0. The lowest BCUT2D eigenvalue weighted by Gasteiger charge is -2.32. The molecule has 4 rings (SSSR count). The predicted octanol–water partition coefficient (Wildman–Crippen LogP) is 4.91. The number of piperidine rings is 1. The Hall–Kier alpha value is -2.00. The average molecular weight is 474 g/mol. The molecule has 8 heteroatoms. The van der Waals surface area contributed by atoms with Gasteiger partial charge in [-0.2, -0.15) is 4.31 Å². The minimum Gasteiger partial charge on any atom is -0.429 e. The monoisotopic (exact) mass is 473 g/mol. The number of aromatic nitrogens is 1. The molecule has 1 fully saturated rings. The maximum Gasteiger partial charge on any atom is 0.270 e. The summed E-state index contributed by atoms with van der Waals surface area (Å²) in [5, 5.41) is 0. The fourth-order valence-corrected chi connectivity index (χ4v) is 6.25. The molecule has 172 valence electrons. The van der Waals surface area contributed by atoms with E-state index in [0.717, 1.165) is 37.9 Å². The van der Waals surface area contributed by atoms with Gasteiger partial charge in [0.15, 0.2) is 5.58 Å². The van der Waals surface area contributed by atoms with Crippen molar-refractivity contribution in [3.8, 4) is 0 Å². The van der Waals surface area contributed by atoms with Crippen molar-refractivity contribution in [1.29, 1.82) is 0 Å². The molecule has 0 radical (unpaired) electrons. The Kier molecular flexibility index (Phi) is 7.14. The fourth-order valence-electron chi connectivity index (χ4n) is 4.53. The van der Waals surface area contributed by atoms with Crippen LogP contribution in [0, 0.1) is 10.8 Å². The summed E-state index contributed by atoms with van der Waals surface area (Å²) in [6.07, 6.45) is 3.40. The third-order valence-electron chi connectivity index (χ3n) is 6.40. The van der Waals surface area contributed by atoms with Gasteiger partial charge in [-0.1, -0.05) is 44.2 Å². The van der Waals surface area contributed by atoms with Crippen LogP contribution >= 0.6 is 12.2 Å². The summed E-state index contributed by atoms with van der Waals surface area (Å²) in [6.45, 7) is 7.16. The van der Waals surface area contributed by atoms with Crippen LogP contribution in [-0.2, 0) is 23.1 Å². The Morgan fingerprint density at radius 1 is 1.06 bits per heavy atom. The molecule has 1 saturated heterocycles. The molecule has 1 aliphatic rings. The number of sulfonamides is 1. The van der Waals surface area contributed by atoms with E-state index in [-0.39, 0.29) is 4.90 Å². The van der Waals surface area contributed by atoms with Crippen LogP contribution in [0.25, 0.3) is 11.1 Å². The van der Waals surface area contributed by atoms with E-state index in [1.807, 2.05) is 18.4 Å². The largest absolute Gasteiger partial charge is 0.429 e. The Morgan fingerprint density at radius 2 is 1.75 bits per heavy atom. The van der Waals surface area contributed by atoms with Gasteiger partial charge in [0, 0.05) is 26.2 Å². The minimum atomic E-state index is -3.54. The predicted molar refractivity (Wildman–Crippen MR) is 130 cm³/mol. The molecule has 0 unspecified atom stereocenters. The number of fused-ring (bicyclic) bond motifs is 1. The second-order valence-electron chi connectivity index (χ2n) is 8.41. The number of benzene rings is 2. The van der Waals surface area contributed by atoms with Crippen molar-refractivity contribution >= 4 is 33.3 Å². The lowest BCUT2D eigenvalue weighted by molar-refractivity contribution is 0.147. The molecule has 1 aliphatic heterocycles. The van der Waals surface area contributed by atoms with E-state index < -0.39 is 10.0 Å². The van der Waals surface area contributed by atoms with E-state index >= 15 is 0 Å². The van der Waals surface area contributed by atoms with Gasteiger partial charge in [-0.25, -0.2) is 8.42 Å². The summed E-state index contributed by atoms with van der Waals surface area (Å²) >= 11 is 5.48. The summed E-state index contributed by atoms with van der Waals surface area (Å²) < 4.78 is 35.1. The van der Waals surface area contributed by atoms with Gasteiger partial charge in [0.2, 0.25) is 10.0 Å². The normalized spacial score (nSPS) is 16.2. The van der Waals surface area contributed by atoms with Gasteiger partial charge in [-0.05, 0) is 61.2 Å². The lowest BCUT2D eigenvalue weighted by atomic mass is 9.90. The molecule has 2 aromatic carbocycles. The molecule has 0 aliphatic carbocycles. The van der Waals surface area contributed by atoms with Crippen LogP contribution in [0.3, 0.4) is 0 Å². The van der Waals surface area contributed by atoms with Crippen LogP contribution in [0.5, 0.6) is 0 Å². The standard InChI is InChI=1S/C24H31N3O3S2/c1-3-26(4-2)32(28,29)21-10-11-23-22(17-21)27(24(31)30-23)18-25-14-12-20(13-15-25)16-19-8-6-5-7-9-19/h5-11,17,20H,3-4,12-16,18H2,1-2H3. The summed E-state index contributed by atoms with van der Waals surface area (Å²) in [5.74, 6) is 0.688. The molecule has 0 amide bonds. The average Bonchev–Trinajstić information content (AvgIpc) is 3.11. The molecule has 3 aromatic rings. The SMILES string of the molecule is CCN(CC)S(=O)(=O)c1ccc2oc(=S)n(CN3CCC(Cc4ccccc4)CC3)c2c1. The molecule has 0 spiro atoms. The van der Waals surface area contributed by atoms with Crippen LogP contribution in [0.15, 0.2) is 57.8 Å². The van der Waals surface area contributed by atoms with E-state index in [2.05, 4.69) is 35.2 Å². The van der Waals surface area contributed by atoms with Gasteiger partial charge in [0.1, 0.15) is 0 Å². The first-order chi connectivity index (χ1) is 15.4. The van der Waals surface area contributed by atoms with E-state index in [4.69, 9.17) is 16.6 Å². The van der Waals surface area contributed by atoms with Crippen LogP contribution in [0.1, 0.15) is 32.3 Å². The number of oxazole rings is 1. The second kappa shape index (κ2) is 9.87. The van der Waals surface area contributed by atoms with Gasteiger partial charge in [0.05, 0.1) is 17.1 Å². The van der Waals surface area contributed by atoms with E-state index in [1.165, 1.54) is 9.87 Å². The maximum absolute atomic E-state index is 13.0. The highest BCUT2D eigenvalue weighted by atomic mass is 32.2. The van der Waals surface area contributed by atoms with Crippen molar-refractivity contribution in [3.05, 3.63) is 58.9 Å². The molecular weight excluding hydrogens is 442 g/mol. The van der Waals surface area contributed by atoms with E-state index in [1.54, 1.807) is 18.2 Å². The molecular formula is C24H31N3O3S2. The molecule has 0 bridgehead atoms. The van der Waals surface area contributed by atoms with Crippen molar-refractivity contribution in [1.82, 2.24) is 13.8 Å². The first-order valence-electron chi connectivity index (χ1n) is 11.3. The van der Waals surface area contributed by atoms with Crippen LogP contribution in [0.2, 0.25) is 0 Å². The Bertz CT molecular complexity index is 1210. The highest BCUT2D eigenvalue weighted by Crippen LogP contribution is 2.26. The Morgan fingerprint density at radius 3 is 2.41 bits per heavy atom. The smallest absolute Gasteiger partial charge is 0.270 e. The number of nitrogens with zero attached hydrogens (tertiary/aromatic N) is 3. The van der Waals surface area contributed by atoms with Gasteiger partial charge < -0.3 is 4.42 Å². The van der Waals surface area contributed by atoms with Crippen molar-refractivity contribution in [3.63, 3.8) is 0 Å². The number of rotatable bonds is 8. The molecule has 0 saturated carbocycles. The van der Waals surface area contributed by atoms with Crippen molar-refractivity contribution in [2.45, 2.75) is 44.7 Å². The summed E-state index contributed by atoms with van der Waals surface area (Å²) in [5.41, 5.74) is 2.75. The molecule has 6 nitrogen and oxygen atoms in total. The molecule has 32 heavy (non-hydrogen) atoms. The van der Waals surface area contributed by atoms with Crippen LogP contribution in [0.4, 0.5) is 0 Å². The Labute approximate surface area is 195 Å². The van der Waals surface area contributed by atoms with Gasteiger partial charge in [-0.15, -0.1) is 0 Å². The maximum atomic E-state index is 13.0. The first kappa shape index (κ1) is 23.2. The van der Waals surface area contributed by atoms with Crippen molar-refractivity contribution < 1.29 is 12.8 Å². The van der Waals surface area contributed by atoms with Crippen LogP contribution in [-0.4, -0.2) is 48.4 Å². The van der Waals surface area contributed by atoms with E-state index in [9.17, 15) is 8.42 Å². The van der Waals surface area contributed by atoms with Crippen molar-refractivity contribution in [2.75, 3.05) is 26.2 Å².